The summed E-state index contributed by atoms with van der Waals surface area (Å²) in [6, 6.07) is 36.4. The van der Waals surface area contributed by atoms with Crippen LogP contribution in [0, 0.1) is 6.92 Å². The van der Waals surface area contributed by atoms with Crippen LogP contribution in [0.25, 0.3) is 10.1 Å². The SMILES string of the molecule is Cc1cc2c3c(c1)N(c1ccc4c(c1)C(C)(C)CC4(C)C)c1c(sc4ccc(C(C)(C)C)cc14)B3c1cc(C(C)(C)C)ccc1N2c1ccc(C(C)(C)C)cc1. The van der Waals surface area contributed by atoms with Crippen molar-refractivity contribution in [1.82, 2.24) is 0 Å². The Labute approximate surface area is 341 Å². The third kappa shape index (κ3) is 5.64. The summed E-state index contributed by atoms with van der Waals surface area (Å²) in [5.74, 6) is 0. The van der Waals surface area contributed by atoms with Gasteiger partial charge in [-0.05, 0) is 139 Å². The number of thiophene rings is 1. The van der Waals surface area contributed by atoms with Gasteiger partial charge in [0.2, 0.25) is 0 Å². The van der Waals surface area contributed by atoms with E-state index in [-0.39, 0.29) is 33.8 Å². The maximum absolute atomic E-state index is 2.67. The molecule has 0 saturated carbocycles. The summed E-state index contributed by atoms with van der Waals surface area (Å²) >= 11 is 2.00. The Morgan fingerprint density at radius 2 is 1.11 bits per heavy atom. The number of nitrogens with zero attached hydrogens (tertiary/aromatic N) is 2. The standard InChI is InChI=1S/C52H59BN2S/c1-31-25-42-45-43(26-31)55(36-21-22-38-39(29-36)52(13,14)30-51(38,11)12)46-37-27-33(49(5,6)7)18-24-44(37)56-47(46)53(45)40-28-34(50(8,9)10)17-23-41(40)54(42)35-19-15-32(16-20-35)48(2,3)4/h15-29H,30H2,1-14H3. The maximum Gasteiger partial charge on any atom is 0.264 e. The minimum atomic E-state index is 0.0148. The molecule has 9 rings (SSSR count). The first-order chi connectivity index (χ1) is 26.0. The van der Waals surface area contributed by atoms with Crippen LogP contribution in [0.15, 0.2) is 91.0 Å². The Hall–Kier alpha value is -4.28. The molecule has 286 valence electrons. The summed E-state index contributed by atoms with van der Waals surface area (Å²) in [6.07, 6.45) is 1.15. The molecule has 0 atom stereocenters. The molecule has 0 unspecified atom stereocenters. The molecule has 2 nitrogen and oxygen atoms in total. The highest BCUT2D eigenvalue weighted by molar-refractivity contribution is 7.33. The molecular formula is C52H59BN2S. The molecule has 0 fully saturated rings. The van der Waals surface area contributed by atoms with Crippen molar-refractivity contribution >= 4 is 78.0 Å². The number of hydrogen-bond acceptors (Lipinski definition) is 3. The third-order valence-electron chi connectivity index (χ3n) is 13.1. The van der Waals surface area contributed by atoms with E-state index in [1.807, 2.05) is 11.3 Å². The van der Waals surface area contributed by atoms with Crippen LogP contribution in [-0.4, -0.2) is 6.71 Å². The first kappa shape index (κ1) is 37.3. The molecule has 4 heteroatoms. The fourth-order valence-corrected chi connectivity index (χ4v) is 11.6. The van der Waals surface area contributed by atoms with Gasteiger partial charge in [-0.1, -0.05) is 126 Å². The molecule has 2 aliphatic heterocycles. The molecule has 0 spiro atoms. The smallest absolute Gasteiger partial charge is 0.264 e. The van der Waals surface area contributed by atoms with Gasteiger partial charge in [-0.15, -0.1) is 11.3 Å². The molecule has 56 heavy (non-hydrogen) atoms. The Bertz CT molecular complexity index is 2580. The summed E-state index contributed by atoms with van der Waals surface area (Å²) in [6.45, 7) is 33.1. The second-order valence-corrected chi connectivity index (χ2v) is 22.7. The third-order valence-corrected chi connectivity index (χ3v) is 14.4. The van der Waals surface area contributed by atoms with Crippen LogP contribution in [0.2, 0.25) is 0 Å². The van der Waals surface area contributed by atoms with Gasteiger partial charge < -0.3 is 9.80 Å². The molecule has 0 N–H and O–H groups in total. The highest BCUT2D eigenvalue weighted by Crippen LogP contribution is 2.53. The van der Waals surface area contributed by atoms with Crippen molar-refractivity contribution in [3.8, 4) is 0 Å². The van der Waals surface area contributed by atoms with E-state index < -0.39 is 0 Å². The van der Waals surface area contributed by atoms with Crippen molar-refractivity contribution < 1.29 is 0 Å². The lowest BCUT2D eigenvalue weighted by atomic mass is 9.36. The normalized spacial score (nSPS) is 16.9. The van der Waals surface area contributed by atoms with Crippen LogP contribution >= 0.6 is 11.3 Å². The first-order valence-electron chi connectivity index (χ1n) is 20.8. The summed E-state index contributed by atoms with van der Waals surface area (Å²) in [7, 11) is 0. The minimum Gasteiger partial charge on any atom is -0.311 e. The predicted molar refractivity (Wildman–Crippen MR) is 247 cm³/mol. The van der Waals surface area contributed by atoms with E-state index in [0.29, 0.717) is 0 Å². The minimum absolute atomic E-state index is 0.0148. The largest absolute Gasteiger partial charge is 0.311 e. The molecule has 0 radical (unpaired) electrons. The van der Waals surface area contributed by atoms with E-state index in [9.17, 15) is 0 Å². The number of fused-ring (bicyclic) bond motifs is 7. The van der Waals surface area contributed by atoms with Crippen LogP contribution in [0.3, 0.4) is 0 Å². The van der Waals surface area contributed by atoms with Crippen LogP contribution in [0.5, 0.6) is 0 Å². The molecule has 0 amide bonds. The molecule has 3 heterocycles. The van der Waals surface area contributed by atoms with E-state index >= 15 is 0 Å². The molecular weight excluding hydrogens is 695 g/mol. The van der Waals surface area contributed by atoms with Crippen molar-refractivity contribution in [3.05, 3.63) is 124 Å². The first-order valence-corrected chi connectivity index (χ1v) is 21.6. The average Bonchev–Trinajstić information content (AvgIpc) is 3.56. The summed E-state index contributed by atoms with van der Waals surface area (Å²) in [5, 5.41) is 1.36. The van der Waals surface area contributed by atoms with Crippen LogP contribution < -0.4 is 25.5 Å². The molecule has 1 aromatic heterocycles. The van der Waals surface area contributed by atoms with Gasteiger partial charge in [0, 0.05) is 43.3 Å². The summed E-state index contributed by atoms with van der Waals surface area (Å²) in [4.78, 5) is 5.24. The molecule has 0 saturated heterocycles. The molecule has 3 aliphatic rings. The Morgan fingerprint density at radius 3 is 1.75 bits per heavy atom. The van der Waals surface area contributed by atoms with Crippen molar-refractivity contribution in [2.45, 2.75) is 130 Å². The second kappa shape index (κ2) is 11.9. The monoisotopic (exact) mass is 754 g/mol. The van der Waals surface area contributed by atoms with Gasteiger partial charge >= 0.3 is 0 Å². The number of anilines is 6. The molecule has 5 aromatic carbocycles. The van der Waals surface area contributed by atoms with Gasteiger partial charge in [-0.3, -0.25) is 0 Å². The van der Waals surface area contributed by atoms with Gasteiger partial charge in [-0.25, -0.2) is 0 Å². The zero-order valence-electron chi connectivity index (χ0n) is 36.2. The Kier molecular flexibility index (Phi) is 7.92. The fourth-order valence-electron chi connectivity index (χ4n) is 10.3. The zero-order chi connectivity index (χ0) is 40.1. The number of hydrogen-bond donors (Lipinski definition) is 0. The Morgan fingerprint density at radius 1 is 0.554 bits per heavy atom. The van der Waals surface area contributed by atoms with Crippen molar-refractivity contribution in [1.29, 1.82) is 0 Å². The molecule has 0 bridgehead atoms. The van der Waals surface area contributed by atoms with E-state index in [0.717, 1.165) is 6.42 Å². The van der Waals surface area contributed by atoms with Gasteiger partial charge in [-0.2, -0.15) is 0 Å². The van der Waals surface area contributed by atoms with E-state index in [1.54, 1.807) is 0 Å². The number of benzene rings is 5. The van der Waals surface area contributed by atoms with Crippen LogP contribution in [0.1, 0.15) is 130 Å². The van der Waals surface area contributed by atoms with Crippen LogP contribution in [0.4, 0.5) is 34.1 Å². The van der Waals surface area contributed by atoms with E-state index in [4.69, 9.17) is 0 Å². The fraction of sp³-hybridized carbons (Fsp3) is 0.385. The second-order valence-electron chi connectivity index (χ2n) is 21.6. The predicted octanol–water partition coefficient (Wildman–Crippen LogP) is 13.1. The lowest BCUT2D eigenvalue weighted by Crippen LogP contribution is -2.60. The zero-order valence-corrected chi connectivity index (χ0v) is 37.1. The van der Waals surface area contributed by atoms with Gasteiger partial charge in [0.15, 0.2) is 0 Å². The number of aryl methyl sites for hydroxylation is 1. The molecule has 6 aromatic rings. The van der Waals surface area contributed by atoms with E-state index in [2.05, 4.69) is 198 Å². The topological polar surface area (TPSA) is 6.48 Å². The summed E-state index contributed by atoms with van der Waals surface area (Å²) < 4.78 is 2.80. The van der Waals surface area contributed by atoms with E-state index in [1.165, 1.54) is 93.3 Å². The lowest BCUT2D eigenvalue weighted by Gasteiger charge is -2.44. The van der Waals surface area contributed by atoms with Crippen molar-refractivity contribution in [2.24, 2.45) is 0 Å². The number of rotatable bonds is 2. The highest BCUT2D eigenvalue weighted by Gasteiger charge is 2.47. The van der Waals surface area contributed by atoms with Gasteiger partial charge in [0.05, 0.1) is 5.69 Å². The summed E-state index contributed by atoms with van der Waals surface area (Å²) in [5.41, 5.74) is 19.2. The van der Waals surface area contributed by atoms with Gasteiger partial charge in [0.25, 0.3) is 6.71 Å². The Balaban J connectivity index is 1.39. The lowest BCUT2D eigenvalue weighted by molar-refractivity contribution is 0.403. The average molecular weight is 755 g/mol. The highest BCUT2D eigenvalue weighted by atomic mass is 32.1. The van der Waals surface area contributed by atoms with Crippen LogP contribution in [-0.2, 0) is 27.1 Å². The van der Waals surface area contributed by atoms with Crippen molar-refractivity contribution in [2.75, 3.05) is 9.80 Å². The van der Waals surface area contributed by atoms with Gasteiger partial charge in [0.1, 0.15) is 0 Å². The quantitative estimate of drug-likeness (QED) is 0.162. The molecule has 1 aliphatic carbocycles. The maximum atomic E-state index is 2.67. The van der Waals surface area contributed by atoms with Crippen molar-refractivity contribution in [3.63, 3.8) is 0 Å².